The van der Waals surface area contributed by atoms with E-state index >= 15 is 0 Å². The van der Waals surface area contributed by atoms with Crippen molar-refractivity contribution in [2.24, 2.45) is 5.92 Å². The van der Waals surface area contributed by atoms with E-state index in [0.717, 1.165) is 18.9 Å². The summed E-state index contributed by atoms with van der Waals surface area (Å²) < 4.78 is 72.3. The predicted molar refractivity (Wildman–Crippen MR) is 302 cm³/mol. The van der Waals surface area contributed by atoms with E-state index in [4.69, 9.17) is 61.7 Å². The second-order valence-corrected chi connectivity index (χ2v) is 23.1. The van der Waals surface area contributed by atoms with Crippen molar-refractivity contribution in [3.05, 3.63) is 50.7 Å². The average Bonchev–Trinajstić information content (AvgIpc) is 3.64. The van der Waals surface area contributed by atoms with Crippen molar-refractivity contribution >= 4 is 69.9 Å². The maximum atomic E-state index is 14.4. The van der Waals surface area contributed by atoms with Gasteiger partial charge in [-0.3, -0.25) is 19.2 Å². The number of hydrogen-bond donors (Lipinski definition) is 9. The molecule has 4 saturated heterocycles. The quantitative estimate of drug-likeness (QED) is 0.0250. The molecule has 8 N–H and O–H groups in total. The molecule has 6 aliphatic rings. The molecule has 7 rings (SSSR count). The maximum Gasteiger partial charge on any atom is 0.407 e. The van der Waals surface area contributed by atoms with Gasteiger partial charge in [0.1, 0.15) is 48.8 Å². The first-order valence-corrected chi connectivity index (χ1v) is 29.0. The number of rotatable bonds is 18. The molecule has 28 heteroatoms. The molecule has 25 nitrogen and oxygen atoms in total. The van der Waals surface area contributed by atoms with Crippen molar-refractivity contribution in [1.29, 1.82) is 0 Å². The minimum atomic E-state index is -2.28. The van der Waals surface area contributed by atoms with E-state index in [1.165, 1.54) is 47.5 Å². The van der Waals surface area contributed by atoms with E-state index in [-0.39, 0.29) is 59.5 Å². The van der Waals surface area contributed by atoms with Crippen LogP contribution in [0.3, 0.4) is 0 Å². The Balaban J connectivity index is 1.14. The summed E-state index contributed by atoms with van der Waals surface area (Å²) in [5, 5.41) is 62.4. The van der Waals surface area contributed by atoms with Gasteiger partial charge in [-0.2, -0.15) is 18.1 Å². The van der Waals surface area contributed by atoms with Gasteiger partial charge in [-0.15, -0.1) is 0 Å². The third-order valence-corrected chi connectivity index (χ3v) is 18.1. The Bertz CT molecular complexity index is 2610. The first-order valence-electron chi connectivity index (χ1n) is 26.4. The SMILES string of the molecule is COC(=O)NC1C(=O)C[C@]2(O)/C=C\C=C/C#C[C@H](OC3(OC4CC(OC)C(NC(C)=O)CO4)COC(C)C(NOC4CC(O)C(SC(=O)c5c(C)c(I)c(OC6OC(C)C(O)C(OC)C6O)c(OC)c5OC)C(C)O4)C3O)C1/C2=C\CS. The van der Waals surface area contributed by atoms with Gasteiger partial charge >= 0.3 is 6.09 Å². The highest BCUT2D eigenvalue weighted by Gasteiger charge is 2.59. The monoisotopic (exact) mass is 1310 g/mol. The molecule has 4 heterocycles. The Hall–Kier alpha value is -3.69. The molecule has 1 aromatic carbocycles. The largest absolute Gasteiger partial charge is 0.492 e. The van der Waals surface area contributed by atoms with Crippen molar-refractivity contribution in [2.45, 2.75) is 169 Å². The summed E-state index contributed by atoms with van der Waals surface area (Å²) in [6, 6.07) is -3.22. The Morgan fingerprint density at radius 1 is 0.915 bits per heavy atom. The number of alkyl carbamates (subject to hydrolysis) is 1. The van der Waals surface area contributed by atoms with Crippen LogP contribution in [0.4, 0.5) is 4.79 Å². The van der Waals surface area contributed by atoms with E-state index in [1.807, 2.05) is 22.6 Å². The van der Waals surface area contributed by atoms with Crippen molar-refractivity contribution in [2.75, 3.05) is 54.5 Å². The summed E-state index contributed by atoms with van der Waals surface area (Å²) in [5.74, 6) is 1.65. The fourth-order valence-electron chi connectivity index (χ4n) is 10.9. The lowest BCUT2D eigenvalue weighted by molar-refractivity contribution is -0.397. The summed E-state index contributed by atoms with van der Waals surface area (Å²) in [4.78, 5) is 59.8. The molecule has 2 bridgehead atoms. The zero-order valence-corrected chi connectivity index (χ0v) is 50.8. The van der Waals surface area contributed by atoms with E-state index in [1.54, 1.807) is 45.9 Å². The van der Waals surface area contributed by atoms with Crippen LogP contribution in [0.5, 0.6) is 17.2 Å². The van der Waals surface area contributed by atoms with Crippen LogP contribution in [0.1, 0.15) is 62.9 Å². The van der Waals surface area contributed by atoms with Crippen molar-refractivity contribution in [3.63, 3.8) is 0 Å². The first kappa shape index (κ1) is 65.8. The number of ether oxygens (including phenoxy) is 12. The summed E-state index contributed by atoms with van der Waals surface area (Å²) >= 11 is 7.23. The molecular formula is C54H74IN3O22S2. The van der Waals surface area contributed by atoms with Gasteiger partial charge in [-0.25, -0.2) is 4.79 Å². The van der Waals surface area contributed by atoms with E-state index < -0.39 is 151 Å². The number of thiol groups is 1. The van der Waals surface area contributed by atoms with Gasteiger partial charge in [0.2, 0.25) is 28.8 Å². The highest BCUT2D eigenvalue weighted by atomic mass is 127. The van der Waals surface area contributed by atoms with Gasteiger partial charge in [0.05, 0.1) is 84.9 Å². The topological polar surface area (TPSA) is 326 Å². The predicted octanol–water partition coefficient (Wildman–Crippen LogP) is 1.28. The molecule has 456 valence electrons. The van der Waals surface area contributed by atoms with Gasteiger partial charge in [0.15, 0.2) is 29.9 Å². The molecule has 1 aromatic rings. The summed E-state index contributed by atoms with van der Waals surface area (Å²) in [7, 11) is 6.63. The number of halogens is 1. The zero-order valence-electron chi connectivity index (χ0n) is 46.9. The van der Waals surface area contributed by atoms with Crippen LogP contribution in [0.2, 0.25) is 0 Å². The van der Waals surface area contributed by atoms with Gasteiger partial charge in [-0.1, -0.05) is 41.8 Å². The van der Waals surface area contributed by atoms with Crippen LogP contribution < -0.4 is 30.3 Å². The number of methoxy groups -OCH3 is 5. The van der Waals surface area contributed by atoms with E-state index in [2.05, 4.69) is 40.6 Å². The number of hydroxylamine groups is 1. The van der Waals surface area contributed by atoms with Crippen molar-refractivity contribution < 1.29 is 106 Å². The smallest absolute Gasteiger partial charge is 0.407 e. The number of amides is 2. The number of carbonyl (C=O) groups is 4. The van der Waals surface area contributed by atoms with Crippen LogP contribution >= 0.6 is 47.0 Å². The van der Waals surface area contributed by atoms with E-state index in [9.17, 15) is 44.7 Å². The van der Waals surface area contributed by atoms with E-state index in [0.29, 0.717) is 9.13 Å². The average molecular weight is 1310 g/mol. The number of aliphatic hydroxyl groups is 5. The first-order chi connectivity index (χ1) is 39.0. The second-order valence-electron chi connectivity index (χ2n) is 20.5. The number of thioether (sulfide) groups is 1. The molecule has 0 aromatic heterocycles. The zero-order chi connectivity index (χ0) is 60.0. The fraction of sp³-hybridized carbons (Fsp3) is 0.667. The summed E-state index contributed by atoms with van der Waals surface area (Å²) in [6.07, 6.45) is -8.89. The maximum absolute atomic E-state index is 14.4. The number of ketones is 1. The third-order valence-electron chi connectivity index (χ3n) is 15.2. The molecule has 0 radical (unpaired) electrons. The molecular weight excluding hydrogens is 1230 g/mol. The van der Waals surface area contributed by atoms with Crippen LogP contribution in [-0.2, 0) is 57.1 Å². The van der Waals surface area contributed by atoms with Crippen molar-refractivity contribution in [1.82, 2.24) is 16.1 Å². The lowest BCUT2D eigenvalue weighted by atomic mass is 9.67. The Kier molecular flexibility index (Phi) is 23.0. The van der Waals surface area contributed by atoms with Gasteiger partial charge in [-0.05, 0) is 73.6 Å². The number of hydrogen-bond acceptors (Lipinski definition) is 25. The highest BCUT2D eigenvalue weighted by molar-refractivity contribution is 14.1. The fourth-order valence-corrected chi connectivity index (χ4v) is 12.9. The van der Waals surface area contributed by atoms with Crippen LogP contribution in [0.15, 0.2) is 36.0 Å². The lowest BCUT2D eigenvalue weighted by Gasteiger charge is -2.51. The number of allylic oxidation sites excluding steroid dienone is 3. The molecule has 82 heavy (non-hydrogen) atoms. The van der Waals surface area contributed by atoms with Gasteiger partial charge in [0.25, 0.3) is 0 Å². The van der Waals surface area contributed by atoms with Crippen LogP contribution in [0.25, 0.3) is 0 Å². The molecule has 2 aliphatic carbocycles. The lowest BCUT2D eigenvalue weighted by Crippen LogP contribution is -2.70. The van der Waals surface area contributed by atoms with Gasteiger partial charge in [0, 0.05) is 52.1 Å². The number of benzene rings is 1. The molecule has 0 spiro atoms. The summed E-state index contributed by atoms with van der Waals surface area (Å²) in [5.41, 5.74) is 1.70. The number of fused-ring (bicyclic) bond motifs is 2. The number of carbonyl (C=O) groups excluding carboxylic acids is 4. The van der Waals surface area contributed by atoms with Crippen LogP contribution in [-0.4, -0.2) is 218 Å². The standard InChI is InChI=1S/C54H74IN3O22S2/c1-24-37(44(69-7)47(71-9)45(39(24)55)77-51-43(63)46(70-8)42(62)26(3)76-51)50(65)82-48-27(4)75-36(19-31(48)60)80-58-40-25(2)74-23-54(49(40)64,79-35-20-34(68-6)30(22-73-35)56-28(5)59)78-33-15-13-11-12-14-17-53(67)21-32(61)41(57-52(66)72-10)38(33)29(53)16-18-81/h11-12,14,16-17,25-27,30-31,33-36,38,40-43,46,48-49,51,58,60,62-64,67,81H,18-23H2,1-10H3,(H,56,59)(H,57,66)/b12-11-,17-14-,29-16+/t25?,26?,27?,30?,31?,33-,34?,35?,36?,38?,40?,41?,42?,43?,46?,48?,49?,51?,53+,54?/m0/s1. The Morgan fingerprint density at radius 3 is 2.29 bits per heavy atom. The Morgan fingerprint density at radius 2 is 1.65 bits per heavy atom. The number of nitrogens with one attached hydrogen (secondary N) is 3. The molecule has 2 amide bonds. The molecule has 4 aliphatic heterocycles. The number of Topliss-reactive ketones (excluding diaryl/α,β-unsaturated/α-hetero) is 1. The molecule has 1 saturated carbocycles. The van der Waals surface area contributed by atoms with Crippen molar-refractivity contribution in [3.8, 4) is 29.1 Å². The van der Waals surface area contributed by atoms with Gasteiger partial charge < -0.3 is 93.0 Å². The minimum Gasteiger partial charge on any atom is -0.492 e. The number of aliphatic hydroxyl groups excluding tert-OH is 4. The van der Waals surface area contributed by atoms with Crippen LogP contribution in [0, 0.1) is 28.3 Å². The highest BCUT2D eigenvalue weighted by Crippen LogP contribution is 2.49. The third kappa shape index (κ3) is 14.2. The normalized spacial score (nSPS) is 38.7. The molecule has 20 atom stereocenters. The molecule has 18 unspecified atom stereocenters. The second kappa shape index (κ2) is 28.7. The Labute approximate surface area is 498 Å². The minimum absolute atomic E-state index is 0.000869. The summed E-state index contributed by atoms with van der Waals surface area (Å²) in [6.45, 7) is 7.35. The molecule has 5 fully saturated rings.